The van der Waals surface area contributed by atoms with E-state index in [1.165, 1.54) is 11.6 Å². The average Bonchev–Trinajstić information content (AvgIpc) is 2.36. The van der Waals surface area contributed by atoms with Gasteiger partial charge in [-0.25, -0.2) is 18.2 Å². The maximum absolute atomic E-state index is 11.1. The summed E-state index contributed by atoms with van der Waals surface area (Å²) in [4.78, 5) is -0.279. The molecule has 0 saturated heterocycles. The van der Waals surface area contributed by atoms with Gasteiger partial charge in [-0.3, -0.25) is 0 Å². The molecule has 0 amide bonds. The highest BCUT2D eigenvalue weighted by molar-refractivity contribution is 7.89. The van der Waals surface area contributed by atoms with Crippen LogP contribution in [0.4, 0.5) is 0 Å². The fourth-order valence-electron chi connectivity index (χ4n) is 1.35. The zero-order valence-electron chi connectivity index (χ0n) is 8.77. The van der Waals surface area contributed by atoms with Gasteiger partial charge in [0.25, 0.3) is 0 Å². The second-order valence-corrected chi connectivity index (χ2v) is 4.86. The number of unbranched alkanes of at least 4 members (excludes halogenated alkanes) is 1. The van der Waals surface area contributed by atoms with E-state index in [0.717, 1.165) is 12.8 Å². The molecule has 1 heterocycles. The third kappa shape index (κ3) is 2.48. The van der Waals surface area contributed by atoms with Crippen LogP contribution in [0.15, 0.2) is 4.90 Å². The van der Waals surface area contributed by atoms with Gasteiger partial charge >= 0.3 is 0 Å². The Balaban J connectivity index is 3.15. The van der Waals surface area contributed by atoms with Gasteiger partial charge in [0.1, 0.15) is 0 Å². The molecule has 0 saturated carbocycles. The highest BCUT2D eigenvalue weighted by Gasteiger charge is 2.23. The number of aromatic hydroxyl groups is 1. The summed E-state index contributed by atoms with van der Waals surface area (Å²) < 4.78 is 23.5. The van der Waals surface area contributed by atoms with Crippen LogP contribution in [0.5, 0.6) is 5.88 Å². The maximum Gasteiger partial charge on any atom is 0.245 e. The zero-order valence-corrected chi connectivity index (χ0v) is 9.58. The lowest BCUT2D eigenvalue weighted by Gasteiger charge is -2.01. The van der Waals surface area contributed by atoms with E-state index in [2.05, 4.69) is 5.10 Å². The SMILES string of the molecule is CCCCn1nc(C)c(S(N)(=O)=O)c1O. The fraction of sp³-hybridized carbons (Fsp3) is 0.625. The third-order valence-corrected chi connectivity index (χ3v) is 3.10. The van der Waals surface area contributed by atoms with Crippen LogP contribution >= 0.6 is 0 Å². The Labute approximate surface area is 88.8 Å². The van der Waals surface area contributed by atoms with Crippen molar-refractivity contribution in [1.29, 1.82) is 0 Å². The van der Waals surface area contributed by atoms with Gasteiger partial charge in [0, 0.05) is 6.54 Å². The lowest BCUT2D eigenvalue weighted by molar-refractivity contribution is 0.383. The molecule has 0 radical (unpaired) electrons. The van der Waals surface area contributed by atoms with Crippen molar-refractivity contribution in [2.75, 3.05) is 0 Å². The quantitative estimate of drug-likeness (QED) is 0.783. The molecule has 0 aliphatic heterocycles. The predicted molar refractivity (Wildman–Crippen MR) is 54.9 cm³/mol. The molecule has 0 aromatic carbocycles. The standard InChI is InChI=1S/C8H15N3O3S/c1-3-4-5-11-8(12)7(6(2)10-11)15(9,13)14/h12H,3-5H2,1-2H3,(H2,9,13,14). The number of primary sulfonamides is 1. The maximum atomic E-state index is 11.1. The molecule has 15 heavy (non-hydrogen) atoms. The molecule has 6 nitrogen and oxygen atoms in total. The molecule has 1 rings (SSSR count). The number of hydrogen-bond acceptors (Lipinski definition) is 4. The predicted octanol–water partition coefficient (Wildman–Crippen LogP) is 0.345. The minimum Gasteiger partial charge on any atom is -0.492 e. The van der Waals surface area contributed by atoms with Crippen LogP contribution in [-0.2, 0) is 16.6 Å². The monoisotopic (exact) mass is 233 g/mol. The molecular formula is C8H15N3O3S. The normalized spacial score (nSPS) is 11.9. The first-order chi connectivity index (χ1) is 6.88. The van der Waals surface area contributed by atoms with Crippen molar-refractivity contribution in [1.82, 2.24) is 9.78 Å². The van der Waals surface area contributed by atoms with Crippen LogP contribution in [-0.4, -0.2) is 23.3 Å². The van der Waals surface area contributed by atoms with Crippen LogP contribution < -0.4 is 5.14 Å². The van der Waals surface area contributed by atoms with Gasteiger partial charge in [-0.2, -0.15) is 5.10 Å². The van der Waals surface area contributed by atoms with Crippen molar-refractivity contribution >= 4 is 10.0 Å². The molecule has 0 atom stereocenters. The molecule has 7 heteroatoms. The van der Waals surface area contributed by atoms with Crippen LogP contribution in [0, 0.1) is 6.92 Å². The summed E-state index contributed by atoms with van der Waals surface area (Å²) in [5.41, 5.74) is 0.228. The molecule has 0 aliphatic rings. The molecule has 0 unspecified atom stereocenters. The summed E-state index contributed by atoms with van der Waals surface area (Å²) in [6.45, 7) is 3.98. The van der Waals surface area contributed by atoms with Crippen molar-refractivity contribution in [3.05, 3.63) is 5.69 Å². The van der Waals surface area contributed by atoms with E-state index in [-0.39, 0.29) is 16.5 Å². The fourth-order valence-corrected chi connectivity index (χ4v) is 2.16. The number of nitrogens with two attached hydrogens (primary N) is 1. The highest BCUT2D eigenvalue weighted by atomic mass is 32.2. The largest absolute Gasteiger partial charge is 0.492 e. The second kappa shape index (κ2) is 4.19. The molecule has 0 spiro atoms. The zero-order chi connectivity index (χ0) is 11.6. The van der Waals surface area contributed by atoms with E-state index in [0.29, 0.717) is 6.54 Å². The molecule has 0 aliphatic carbocycles. The van der Waals surface area contributed by atoms with Gasteiger partial charge in [0.15, 0.2) is 4.90 Å². The minimum absolute atomic E-state index is 0.228. The van der Waals surface area contributed by atoms with E-state index in [1.807, 2.05) is 6.92 Å². The summed E-state index contributed by atoms with van der Waals surface area (Å²) in [6, 6.07) is 0. The van der Waals surface area contributed by atoms with E-state index in [1.54, 1.807) is 0 Å². The molecular weight excluding hydrogens is 218 g/mol. The average molecular weight is 233 g/mol. The Kier molecular flexibility index (Phi) is 3.35. The molecule has 1 aromatic rings. The van der Waals surface area contributed by atoms with Gasteiger partial charge in [-0.15, -0.1) is 0 Å². The highest BCUT2D eigenvalue weighted by Crippen LogP contribution is 2.24. The van der Waals surface area contributed by atoms with Crippen LogP contribution in [0.1, 0.15) is 25.5 Å². The van der Waals surface area contributed by atoms with Crippen molar-refractivity contribution in [3.8, 4) is 5.88 Å². The Morgan fingerprint density at radius 3 is 2.53 bits per heavy atom. The topological polar surface area (TPSA) is 98.2 Å². The summed E-state index contributed by atoms with van der Waals surface area (Å²) in [6.07, 6.45) is 1.75. The number of hydrogen-bond donors (Lipinski definition) is 2. The second-order valence-electron chi connectivity index (χ2n) is 3.36. The first-order valence-electron chi connectivity index (χ1n) is 4.67. The number of sulfonamides is 1. The van der Waals surface area contributed by atoms with Crippen molar-refractivity contribution < 1.29 is 13.5 Å². The van der Waals surface area contributed by atoms with E-state index >= 15 is 0 Å². The summed E-state index contributed by atoms with van der Waals surface area (Å²) >= 11 is 0. The minimum atomic E-state index is -3.90. The van der Waals surface area contributed by atoms with Gasteiger partial charge in [-0.1, -0.05) is 13.3 Å². The smallest absolute Gasteiger partial charge is 0.245 e. The first kappa shape index (κ1) is 12.0. The third-order valence-electron chi connectivity index (χ3n) is 2.05. The van der Waals surface area contributed by atoms with Crippen molar-refractivity contribution in [2.45, 2.75) is 38.1 Å². The summed E-state index contributed by atoms with van der Waals surface area (Å²) in [5, 5.41) is 18.5. The van der Waals surface area contributed by atoms with Crippen LogP contribution in [0.2, 0.25) is 0 Å². The van der Waals surface area contributed by atoms with E-state index in [4.69, 9.17) is 5.14 Å². The van der Waals surface area contributed by atoms with Crippen molar-refractivity contribution in [2.24, 2.45) is 5.14 Å². The molecule has 1 aromatic heterocycles. The molecule has 86 valence electrons. The van der Waals surface area contributed by atoms with E-state index < -0.39 is 10.0 Å². The number of aryl methyl sites for hydroxylation is 2. The number of nitrogens with zero attached hydrogens (tertiary/aromatic N) is 2. The number of rotatable bonds is 4. The van der Waals surface area contributed by atoms with Crippen LogP contribution in [0.3, 0.4) is 0 Å². The Morgan fingerprint density at radius 2 is 2.13 bits per heavy atom. The molecule has 3 N–H and O–H groups in total. The van der Waals surface area contributed by atoms with Crippen LogP contribution in [0.25, 0.3) is 0 Å². The summed E-state index contributed by atoms with van der Waals surface area (Å²) in [7, 11) is -3.90. The summed E-state index contributed by atoms with van der Waals surface area (Å²) in [5.74, 6) is -0.372. The van der Waals surface area contributed by atoms with Gasteiger partial charge in [-0.05, 0) is 13.3 Å². The lowest BCUT2D eigenvalue weighted by Crippen LogP contribution is -2.12. The van der Waals surface area contributed by atoms with Gasteiger partial charge < -0.3 is 5.11 Å². The Hall–Kier alpha value is -1.08. The van der Waals surface area contributed by atoms with E-state index in [9.17, 15) is 13.5 Å². The van der Waals surface area contributed by atoms with Crippen molar-refractivity contribution in [3.63, 3.8) is 0 Å². The van der Waals surface area contributed by atoms with Gasteiger partial charge in [0.2, 0.25) is 15.9 Å². The molecule has 0 fully saturated rings. The Bertz CT molecular complexity index is 450. The van der Waals surface area contributed by atoms with Gasteiger partial charge in [0.05, 0.1) is 5.69 Å². The molecule has 0 bridgehead atoms. The number of aromatic nitrogens is 2. The first-order valence-corrected chi connectivity index (χ1v) is 6.21. The Morgan fingerprint density at radius 1 is 1.53 bits per heavy atom. The lowest BCUT2D eigenvalue weighted by atomic mass is 10.3.